The molecule has 1 aromatic carbocycles. The normalized spacial score (nSPS) is 10.3. The lowest BCUT2D eigenvalue weighted by molar-refractivity contribution is -0.385. The number of nitro groups is 1. The largest absolute Gasteiger partial charge is 0.287 e. The number of hydrogen-bond donors (Lipinski definition) is 0. The monoisotopic (exact) mass is 353 g/mol. The quantitative estimate of drug-likeness (QED) is 0.276. The predicted octanol–water partition coefficient (Wildman–Crippen LogP) is 3.10. The van der Waals surface area contributed by atoms with Gasteiger partial charge in [0.05, 0.1) is 4.92 Å². The van der Waals surface area contributed by atoms with Crippen LogP contribution in [0.4, 0.5) is 5.69 Å². The third-order valence-electron chi connectivity index (χ3n) is 2.45. The molecule has 6 nitrogen and oxygen atoms in total. The van der Waals surface area contributed by atoms with E-state index in [1.54, 1.807) is 6.26 Å². The Bertz CT molecular complexity index is 693. The summed E-state index contributed by atoms with van der Waals surface area (Å²) in [5.41, 5.74) is -0.122. The van der Waals surface area contributed by atoms with Gasteiger partial charge in [0.25, 0.3) is 5.69 Å². The summed E-state index contributed by atoms with van der Waals surface area (Å²) in [7, 11) is 0. The molecule has 8 heteroatoms. The number of thioether (sulfide) groups is 1. The van der Waals surface area contributed by atoms with Gasteiger partial charge in [-0.25, -0.2) is 9.97 Å². The lowest BCUT2D eigenvalue weighted by atomic mass is 10.1. The van der Waals surface area contributed by atoms with Crippen LogP contribution in [0.25, 0.3) is 0 Å². The minimum Gasteiger partial charge on any atom is -0.287 e. The molecule has 2 aromatic rings. The molecule has 102 valence electrons. The summed E-state index contributed by atoms with van der Waals surface area (Å²) in [6.45, 7) is 0. The van der Waals surface area contributed by atoms with Gasteiger partial charge in [0.1, 0.15) is 11.3 Å². The number of carbonyl (C=O) groups is 1. The second-order valence-corrected chi connectivity index (χ2v) is 5.37. The summed E-state index contributed by atoms with van der Waals surface area (Å²) in [5, 5.41) is 11.4. The standard InChI is InChI=1S/C12H8BrN3O3S/c1-20-12-14-5-4-9(15-12)11(17)8-6-7(13)2-3-10(8)16(18)19/h2-6H,1H3. The summed E-state index contributed by atoms with van der Waals surface area (Å²) in [6.07, 6.45) is 3.24. The van der Waals surface area contributed by atoms with Gasteiger partial charge >= 0.3 is 0 Å². The Balaban J connectivity index is 2.52. The smallest absolute Gasteiger partial charge is 0.280 e. The summed E-state index contributed by atoms with van der Waals surface area (Å²) in [5.74, 6) is -0.504. The van der Waals surface area contributed by atoms with Crippen LogP contribution < -0.4 is 0 Å². The summed E-state index contributed by atoms with van der Waals surface area (Å²) in [4.78, 5) is 30.8. The second kappa shape index (κ2) is 6.10. The number of rotatable bonds is 4. The molecule has 0 aliphatic rings. The average molecular weight is 354 g/mol. The third kappa shape index (κ3) is 3.02. The van der Waals surface area contributed by atoms with Crippen molar-refractivity contribution >= 4 is 39.2 Å². The topological polar surface area (TPSA) is 86.0 Å². The molecule has 2 rings (SSSR count). The van der Waals surface area contributed by atoms with E-state index < -0.39 is 10.7 Å². The van der Waals surface area contributed by atoms with Gasteiger partial charge in [0.2, 0.25) is 5.78 Å². The second-order valence-electron chi connectivity index (χ2n) is 3.68. The molecule has 0 bridgehead atoms. The highest BCUT2D eigenvalue weighted by molar-refractivity contribution is 9.10. The summed E-state index contributed by atoms with van der Waals surface area (Å²) >= 11 is 4.49. The van der Waals surface area contributed by atoms with Crippen molar-refractivity contribution in [3.63, 3.8) is 0 Å². The van der Waals surface area contributed by atoms with Gasteiger partial charge in [-0.1, -0.05) is 27.7 Å². The van der Waals surface area contributed by atoms with E-state index in [1.165, 1.54) is 42.2 Å². The van der Waals surface area contributed by atoms with Crippen LogP contribution in [-0.2, 0) is 0 Å². The Labute approximate surface area is 126 Å². The van der Waals surface area contributed by atoms with Crippen molar-refractivity contribution in [1.82, 2.24) is 9.97 Å². The fourth-order valence-electron chi connectivity index (χ4n) is 1.55. The molecular weight excluding hydrogens is 346 g/mol. The number of hydrogen-bond acceptors (Lipinski definition) is 6. The molecule has 0 saturated carbocycles. The van der Waals surface area contributed by atoms with Crippen molar-refractivity contribution in [3.05, 3.63) is 56.3 Å². The van der Waals surface area contributed by atoms with Crippen molar-refractivity contribution in [2.75, 3.05) is 6.26 Å². The van der Waals surface area contributed by atoms with E-state index in [2.05, 4.69) is 25.9 Å². The van der Waals surface area contributed by atoms with E-state index in [-0.39, 0.29) is 16.9 Å². The van der Waals surface area contributed by atoms with E-state index >= 15 is 0 Å². The third-order valence-corrected chi connectivity index (χ3v) is 3.50. The van der Waals surface area contributed by atoms with Crippen molar-refractivity contribution < 1.29 is 9.72 Å². The molecule has 0 N–H and O–H groups in total. The molecule has 0 atom stereocenters. The first-order chi connectivity index (χ1) is 9.52. The van der Waals surface area contributed by atoms with Crippen molar-refractivity contribution in [2.24, 2.45) is 0 Å². The van der Waals surface area contributed by atoms with Gasteiger partial charge in [-0.3, -0.25) is 14.9 Å². The van der Waals surface area contributed by atoms with Crippen LogP contribution in [-0.4, -0.2) is 26.9 Å². The molecule has 0 saturated heterocycles. The fourth-order valence-corrected chi connectivity index (χ4v) is 2.27. The first-order valence-corrected chi connectivity index (χ1v) is 7.40. The van der Waals surface area contributed by atoms with Crippen LogP contribution in [0, 0.1) is 10.1 Å². The van der Waals surface area contributed by atoms with E-state index in [9.17, 15) is 14.9 Å². The zero-order chi connectivity index (χ0) is 14.7. The highest BCUT2D eigenvalue weighted by atomic mass is 79.9. The molecular formula is C12H8BrN3O3S. The summed E-state index contributed by atoms with van der Waals surface area (Å²) in [6, 6.07) is 5.66. The zero-order valence-corrected chi connectivity index (χ0v) is 12.6. The minimum absolute atomic E-state index is 0.00451. The highest BCUT2D eigenvalue weighted by Gasteiger charge is 2.22. The SMILES string of the molecule is CSc1nccc(C(=O)c2cc(Br)ccc2[N+](=O)[O-])n1. The van der Waals surface area contributed by atoms with Gasteiger partial charge in [-0.2, -0.15) is 0 Å². The Morgan fingerprint density at radius 1 is 1.40 bits per heavy atom. The van der Waals surface area contributed by atoms with E-state index in [0.29, 0.717) is 9.63 Å². The van der Waals surface area contributed by atoms with Gasteiger partial charge in [-0.05, 0) is 24.5 Å². The molecule has 0 aliphatic carbocycles. The summed E-state index contributed by atoms with van der Waals surface area (Å²) < 4.78 is 0.589. The van der Waals surface area contributed by atoms with Crippen LogP contribution in [0.1, 0.15) is 16.1 Å². The van der Waals surface area contributed by atoms with Gasteiger partial charge in [-0.15, -0.1) is 0 Å². The Hall–Kier alpha value is -1.80. The zero-order valence-electron chi connectivity index (χ0n) is 10.2. The molecule has 0 unspecified atom stereocenters. The van der Waals surface area contributed by atoms with Crippen molar-refractivity contribution in [3.8, 4) is 0 Å². The minimum atomic E-state index is -0.587. The Kier molecular flexibility index (Phi) is 4.46. The fraction of sp³-hybridized carbons (Fsp3) is 0.0833. The molecule has 0 aliphatic heterocycles. The van der Waals surface area contributed by atoms with E-state index in [4.69, 9.17) is 0 Å². The molecule has 20 heavy (non-hydrogen) atoms. The van der Waals surface area contributed by atoms with Crippen LogP contribution in [0.5, 0.6) is 0 Å². The number of benzene rings is 1. The molecule has 1 heterocycles. The molecule has 0 amide bonds. The van der Waals surface area contributed by atoms with Gasteiger partial charge < -0.3 is 0 Å². The molecule has 1 aromatic heterocycles. The van der Waals surface area contributed by atoms with Gasteiger partial charge in [0, 0.05) is 16.7 Å². The first kappa shape index (κ1) is 14.6. The van der Waals surface area contributed by atoms with Crippen LogP contribution in [0.2, 0.25) is 0 Å². The Morgan fingerprint density at radius 2 is 2.15 bits per heavy atom. The number of ketones is 1. The average Bonchev–Trinajstić information content (AvgIpc) is 2.46. The van der Waals surface area contributed by atoms with Crippen molar-refractivity contribution in [1.29, 1.82) is 0 Å². The van der Waals surface area contributed by atoms with Gasteiger partial charge in [0.15, 0.2) is 5.16 Å². The predicted molar refractivity (Wildman–Crippen MR) is 78.0 cm³/mol. The van der Waals surface area contributed by atoms with Crippen LogP contribution >= 0.6 is 27.7 Å². The van der Waals surface area contributed by atoms with Crippen molar-refractivity contribution in [2.45, 2.75) is 5.16 Å². The number of nitrogens with zero attached hydrogens (tertiary/aromatic N) is 3. The molecule has 0 fully saturated rings. The molecule has 0 radical (unpaired) electrons. The van der Waals surface area contributed by atoms with Crippen LogP contribution in [0.15, 0.2) is 40.1 Å². The molecule has 0 spiro atoms. The maximum Gasteiger partial charge on any atom is 0.280 e. The maximum absolute atomic E-state index is 12.4. The van der Waals surface area contributed by atoms with Crippen LogP contribution in [0.3, 0.4) is 0 Å². The lowest BCUT2D eigenvalue weighted by Crippen LogP contribution is -2.08. The number of halogens is 1. The Morgan fingerprint density at radius 3 is 2.80 bits per heavy atom. The lowest BCUT2D eigenvalue weighted by Gasteiger charge is -2.03. The maximum atomic E-state index is 12.4. The number of nitro benzene ring substituents is 1. The number of carbonyl (C=O) groups excluding carboxylic acids is 1. The highest BCUT2D eigenvalue weighted by Crippen LogP contribution is 2.25. The van der Waals surface area contributed by atoms with E-state index in [0.717, 1.165) is 0 Å². The number of aromatic nitrogens is 2. The first-order valence-electron chi connectivity index (χ1n) is 5.38. The van der Waals surface area contributed by atoms with E-state index in [1.807, 2.05) is 0 Å².